The minimum Gasteiger partial charge on any atom is -0.340 e. The van der Waals surface area contributed by atoms with Crippen LogP contribution in [0.15, 0.2) is 73.3 Å². The standard InChI is InChI=1S/C20H15F2N7O/c21-16-7-6-15(10-17(16)22)28-20(30)27-14-4-2-13(3-5-14)26-18-11-19(24-12-23-18)29-9-1-8-25-29/h1-12H,(H,23,24,26)(H2,27,28,30). The topological polar surface area (TPSA) is 96.8 Å². The molecule has 0 atom stereocenters. The van der Waals surface area contributed by atoms with E-state index in [0.29, 0.717) is 17.3 Å². The molecule has 2 aromatic heterocycles. The van der Waals surface area contributed by atoms with Crippen molar-refractivity contribution in [3.63, 3.8) is 0 Å². The average Bonchev–Trinajstić information content (AvgIpc) is 3.27. The molecule has 150 valence electrons. The van der Waals surface area contributed by atoms with Gasteiger partial charge in [0.1, 0.15) is 12.1 Å². The summed E-state index contributed by atoms with van der Waals surface area (Å²) in [5.74, 6) is -0.829. The van der Waals surface area contributed by atoms with Crippen molar-refractivity contribution in [3.05, 3.63) is 85.0 Å². The van der Waals surface area contributed by atoms with E-state index in [1.54, 1.807) is 53.5 Å². The summed E-state index contributed by atoms with van der Waals surface area (Å²) in [7, 11) is 0. The molecule has 2 aromatic carbocycles. The highest BCUT2D eigenvalue weighted by Gasteiger charge is 2.07. The Labute approximate surface area is 169 Å². The van der Waals surface area contributed by atoms with E-state index in [1.165, 1.54) is 12.4 Å². The van der Waals surface area contributed by atoms with Gasteiger partial charge < -0.3 is 16.0 Å². The maximum atomic E-state index is 13.2. The summed E-state index contributed by atoms with van der Waals surface area (Å²) in [5.41, 5.74) is 1.40. The minimum atomic E-state index is -1.04. The number of anilines is 4. The lowest BCUT2D eigenvalue weighted by Crippen LogP contribution is -2.19. The van der Waals surface area contributed by atoms with Crippen LogP contribution in [0.5, 0.6) is 0 Å². The molecule has 0 saturated heterocycles. The van der Waals surface area contributed by atoms with Gasteiger partial charge in [-0.3, -0.25) is 0 Å². The number of benzene rings is 2. The van der Waals surface area contributed by atoms with Gasteiger partial charge >= 0.3 is 6.03 Å². The third-order valence-corrected chi connectivity index (χ3v) is 3.98. The zero-order chi connectivity index (χ0) is 20.9. The van der Waals surface area contributed by atoms with Crippen LogP contribution < -0.4 is 16.0 Å². The highest BCUT2D eigenvalue weighted by atomic mass is 19.2. The lowest BCUT2D eigenvalue weighted by Gasteiger charge is -2.10. The molecule has 4 aromatic rings. The monoisotopic (exact) mass is 407 g/mol. The quantitative estimate of drug-likeness (QED) is 0.458. The Morgan fingerprint density at radius 3 is 2.33 bits per heavy atom. The van der Waals surface area contributed by atoms with Crippen molar-refractivity contribution in [2.45, 2.75) is 0 Å². The summed E-state index contributed by atoms with van der Waals surface area (Å²) >= 11 is 0. The van der Waals surface area contributed by atoms with E-state index in [0.717, 1.165) is 17.8 Å². The summed E-state index contributed by atoms with van der Waals surface area (Å²) in [6.07, 6.45) is 4.86. The molecule has 0 aliphatic carbocycles. The third-order valence-electron chi connectivity index (χ3n) is 3.98. The largest absolute Gasteiger partial charge is 0.340 e. The molecule has 10 heteroatoms. The summed E-state index contributed by atoms with van der Waals surface area (Å²) in [4.78, 5) is 20.4. The molecule has 0 saturated carbocycles. The van der Waals surface area contributed by atoms with Gasteiger partial charge in [0, 0.05) is 41.6 Å². The zero-order valence-electron chi connectivity index (χ0n) is 15.4. The summed E-state index contributed by atoms with van der Waals surface area (Å²) in [6.45, 7) is 0. The maximum Gasteiger partial charge on any atom is 0.323 e. The van der Waals surface area contributed by atoms with Crippen molar-refractivity contribution in [2.75, 3.05) is 16.0 Å². The predicted octanol–water partition coefficient (Wildman–Crippen LogP) is 4.33. The third kappa shape index (κ3) is 4.55. The summed E-state index contributed by atoms with van der Waals surface area (Å²) < 4.78 is 27.8. The number of carbonyl (C=O) groups excluding carboxylic acids is 1. The minimum absolute atomic E-state index is 0.140. The SMILES string of the molecule is O=C(Nc1ccc(Nc2cc(-n3cccn3)ncn2)cc1)Nc1ccc(F)c(F)c1. The van der Waals surface area contributed by atoms with Crippen LogP contribution in [-0.2, 0) is 0 Å². The predicted molar refractivity (Wildman–Crippen MR) is 108 cm³/mol. The maximum absolute atomic E-state index is 13.2. The van der Waals surface area contributed by atoms with Gasteiger partial charge in [-0.15, -0.1) is 0 Å². The van der Waals surface area contributed by atoms with E-state index in [-0.39, 0.29) is 5.69 Å². The van der Waals surface area contributed by atoms with Crippen LogP contribution in [0.3, 0.4) is 0 Å². The Balaban J connectivity index is 1.37. The fourth-order valence-electron chi connectivity index (χ4n) is 2.60. The number of hydrogen-bond acceptors (Lipinski definition) is 5. The molecule has 0 spiro atoms. The lowest BCUT2D eigenvalue weighted by molar-refractivity contribution is 0.262. The first-order valence-corrected chi connectivity index (χ1v) is 8.79. The second-order valence-electron chi connectivity index (χ2n) is 6.12. The first-order valence-electron chi connectivity index (χ1n) is 8.79. The molecule has 30 heavy (non-hydrogen) atoms. The van der Waals surface area contributed by atoms with E-state index in [1.807, 2.05) is 0 Å². The molecule has 0 aliphatic heterocycles. The molecule has 2 amide bonds. The fourth-order valence-corrected chi connectivity index (χ4v) is 2.60. The first kappa shape index (κ1) is 19.0. The lowest BCUT2D eigenvalue weighted by atomic mass is 10.2. The fraction of sp³-hybridized carbons (Fsp3) is 0. The Hall–Kier alpha value is -4.34. The number of nitrogens with one attached hydrogen (secondary N) is 3. The Kier molecular flexibility index (Phi) is 5.29. The number of amides is 2. The van der Waals surface area contributed by atoms with Crippen LogP contribution in [0.1, 0.15) is 0 Å². The zero-order valence-corrected chi connectivity index (χ0v) is 15.4. The van der Waals surface area contributed by atoms with Gasteiger partial charge in [-0.2, -0.15) is 5.10 Å². The van der Waals surface area contributed by atoms with E-state index in [2.05, 4.69) is 31.0 Å². The number of aromatic nitrogens is 4. The molecule has 0 aliphatic rings. The highest BCUT2D eigenvalue weighted by molar-refractivity contribution is 5.99. The van der Waals surface area contributed by atoms with Crippen molar-refractivity contribution in [1.29, 1.82) is 0 Å². The van der Waals surface area contributed by atoms with Crippen LogP contribution >= 0.6 is 0 Å². The second-order valence-corrected chi connectivity index (χ2v) is 6.12. The molecular weight excluding hydrogens is 392 g/mol. The van der Waals surface area contributed by atoms with E-state index >= 15 is 0 Å². The summed E-state index contributed by atoms with van der Waals surface area (Å²) in [6, 6.07) is 12.9. The molecule has 8 nitrogen and oxygen atoms in total. The number of halogens is 2. The van der Waals surface area contributed by atoms with Crippen molar-refractivity contribution in [2.24, 2.45) is 0 Å². The van der Waals surface area contributed by atoms with E-state index in [4.69, 9.17) is 0 Å². The van der Waals surface area contributed by atoms with Gasteiger partial charge in [-0.25, -0.2) is 28.2 Å². The van der Waals surface area contributed by atoms with Gasteiger partial charge in [-0.05, 0) is 42.5 Å². The average molecular weight is 407 g/mol. The molecule has 0 fully saturated rings. The highest BCUT2D eigenvalue weighted by Crippen LogP contribution is 2.19. The number of hydrogen-bond donors (Lipinski definition) is 3. The van der Waals surface area contributed by atoms with Crippen LogP contribution in [0.25, 0.3) is 5.82 Å². The molecule has 0 unspecified atom stereocenters. The number of carbonyl (C=O) groups is 1. The molecule has 2 heterocycles. The Morgan fingerprint density at radius 1 is 0.867 bits per heavy atom. The summed E-state index contributed by atoms with van der Waals surface area (Å²) in [5, 5.41) is 12.3. The smallest absolute Gasteiger partial charge is 0.323 e. The normalized spacial score (nSPS) is 10.5. The van der Waals surface area contributed by atoms with Gasteiger partial charge in [0.25, 0.3) is 0 Å². The molecule has 0 bridgehead atoms. The van der Waals surface area contributed by atoms with Crippen LogP contribution in [0, 0.1) is 11.6 Å². The molecular formula is C20H15F2N7O. The Morgan fingerprint density at radius 2 is 1.60 bits per heavy atom. The molecule has 0 radical (unpaired) electrons. The van der Waals surface area contributed by atoms with E-state index in [9.17, 15) is 13.6 Å². The van der Waals surface area contributed by atoms with Crippen molar-refractivity contribution >= 4 is 28.9 Å². The molecule has 4 rings (SSSR count). The molecule has 3 N–H and O–H groups in total. The Bertz CT molecular complexity index is 1160. The van der Waals surface area contributed by atoms with Crippen LogP contribution in [0.2, 0.25) is 0 Å². The van der Waals surface area contributed by atoms with Gasteiger partial charge in [0.15, 0.2) is 17.5 Å². The first-order chi connectivity index (χ1) is 14.6. The number of nitrogens with zero attached hydrogens (tertiary/aromatic N) is 4. The van der Waals surface area contributed by atoms with E-state index < -0.39 is 17.7 Å². The van der Waals surface area contributed by atoms with Gasteiger partial charge in [-0.1, -0.05) is 0 Å². The number of urea groups is 1. The van der Waals surface area contributed by atoms with Crippen LogP contribution in [-0.4, -0.2) is 25.8 Å². The number of rotatable bonds is 5. The second kappa shape index (κ2) is 8.35. The van der Waals surface area contributed by atoms with Gasteiger partial charge in [0.05, 0.1) is 0 Å². The van der Waals surface area contributed by atoms with Crippen LogP contribution in [0.4, 0.5) is 36.5 Å². The van der Waals surface area contributed by atoms with Crippen molar-refractivity contribution < 1.29 is 13.6 Å². The van der Waals surface area contributed by atoms with Crippen molar-refractivity contribution in [3.8, 4) is 5.82 Å². The van der Waals surface area contributed by atoms with Crippen molar-refractivity contribution in [1.82, 2.24) is 19.7 Å². The van der Waals surface area contributed by atoms with Gasteiger partial charge in [0.2, 0.25) is 0 Å².